The van der Waals surface area contributed by atoms with E-state index in [1.165, 1.54) is 0 Å². The average molecular weight is 382 g/mol. The molecule has 0 nitrogen and oxygen atoms in total. The largest absolute Gasteiger partial charge is 0.339 e. The van der Waals surface area contributed by atoms with Gasteiger partial charge in [0, 0.05) is 16.7 Å². The van der Waals surface area contributed by atoms with Gasteiger partial charge in [-0.05, 0) is 23.6 Å². The summed E-state index contributed by atoms with van der Waals surface area (Å²) in [5.74, 6) is -12.1. The standard InChI is InChI=1S/C21H16F6/c1-2-4-13-6-8-14(9-7-13)15-10-11-16(19(23)18(15)22)17-5-3-12-20(24,25)21(17,26)27/h3,5-12H,2,4H2,1H3. The first-order chi connectivity index (χ1) is 12.7. The van der Waals surface area contributed by atoms with Crippen molar-refractivity contribution in [2.45, 2.75) is 31.6 Å². The second-order valence-electron chi connectivity index (χ2n) is 6.37. The maximum Gasteiger partial charge on any atom is 0.339 e. The van der Waals surface area contributed by atoms with Gasteiger partial charge < -0.3 is 0 Å². The molecular weight excluding hydrogens is 366 g/mol. The van der Waals surface area contributed by atoms with E-state index in [4.69, 9.17) is 0 Å². The molecule has 1 aliphatic carbocycles. The van der Waals surface area contributed by atoms with Crippen LogP contribution in [0.5, 0.6) is 0 Å². The predicted molar refractivity (Wildman–Crippen MR) is 92.8 cm³/mol. The van der Waals surface area contributed by atoms with E-state index in [2.05, 4.69) is 0 Å². The lowest BCUT2D eigenvalue weighted by molar-refractivity contribution is -0.140. The molecule has 6 heteroatoms. The topological polar surface area (TPSA) is 0 Å². The van der Waals surface area contributed by atoms with Crippen LogP contribution in [0.2, 0.25) is 0 Å². The van der Waals surface area contributed by atoms with Crippen molar-refractivity contribution < 1.29 is 26.3 Å². The van der Waals surface area contributed by atoms with Gasteiger partial charge in [-0.25, -0.2) is 8.78 Å². The lowest BCUT2D eigenvalue weighted by atomic mass is 9.89. The fourth-order valence-corrected chi connectivity index (χ4v) is 3.03. The third-order valence-electron chi connectivity index (χ3n) is 4.50. The lowest BCUT2D eigenvalue weighted by Gasteiger charge is -2.29. The molecule has 0 amide bonds. The minimum Gasteiger partial charge on any atom is -0.203 e. The molecule has 0 spiro atoms. The molecule has 2 aromatic carbocycles. The second-order valence-corrected chi connectivity index (χ2v) is 6.37. The Hall–Kier alpha value is -2.50. The SMILES string of the molecule is CCCc1ccc(-c2ccc(C3=CC=CC(F)(F)C3(F)F)c(F)c2F)cc1. The van der Waals surface area contributed by atoms with Crippen molar-refractivity contribution in [1.29, 1.82) is 0 Å². The third-order valence-corrected chi connectivity index (χ3v) is 4.50. The van der Waals surface area contributed by atoms with Gasteiger partial charge in [0.2, 0.25) is 0 Å². The summed E-state index contributed by atoms with van der Waals surface area (Å²) in [4.78, 5) is 0. The minimum atomic E-state index is -4.64. The van der Waals surface area contributed by atoms with E-state index < -0.39 is 34.6 Å². The summed E-state index contributed by atoms with van der Waals surface area (Å²) in [7, 11) is 0. The van der Waals surface area contributed by atoms with Gasteiger partial charge in [0.15, 0.2) is 11.6 Å². The van der Waals surface area contributed by atoms with Gasteiger partial charge in [-0.3, -0.25) is 0 Å². The zero-order chi connectivity index (χ0) is 19.8. The molecular formula is C21H16F6. The van der Waals surface area contributed by atoms with Crippen LogP contribution in [0.15, 0.2) is 54.6 Å². The third kappa shape index (κ3) is 3.29. The first-order valence-electron chi connectivity index (χ1n) is 8.42. The highest BCUT2D eigenvalue weighted by molar-refractivity contribution is 5.78. The lowest BCUT2D eigenvalue weighted by Crippen LogP contribution is -2.41. The summed E-state index contributed by atoms with van der Waals surface area (Å²) < 4.78 is 84.1. The Kier molecular flexibility index (Phi) is 4.93. The van der Waals surface area contributed by atoms with E-state index >= 15 is 0 Å². The zero-order valence-electron chi connectivity index (χ0n) is 14.4. The highest BCUT2D eigenvalue weighted by Gasteiger charge is 2.58. The normalized spacial score (nSPS) is 17.7. The van der Waals surface area contributed by atoms with Gasteiger partial charge in [0.1, 0.15) is 0 Å². The van der Waals surface area contributed by atoms with Crippen LogP contribution in [-0.4, -0.2) is 11.8 Å². The van der Waals surface area contributed by atoms with Crippen molar-refractivity contribution in [3.8, 4) is 11.1 Å². The van der Waals surface area contributed by atoms with Crippen molar-refractivity contribution >= 4 is 5.57 Å². The number of aryl methyl sites for hydroxylation is 1. The highest BCUT2D eigenvalue weighted by atomic mass is 19.3. The number of halogens is 6. The molecule has 27 heavy (non-hydrogen) atoms. The fourth-order valence-electron chi connectivity index (χ4n) is 3.03. The van der Waals surface area contributed by atoms with Gasteiger partial charge >= 0.3 is 11.8 Å². The molecule has 0 radical (unpaired) electrons. The van der Waals surface area contributed by atoms with E-state index in [-0.39, 0.29) is 11.6 Å². The van der Waals surface area contributed by atoms with E-state index in [0.29, 0.717) is 17.7 Å². The van der Waals surface area contributed by atoms with Crippen molar-refractivity contribution in [3.05, 3.63) is 77.4 Å². The second kappa shape index (κ2) is 6.91. The molecule has 0 saturated heterocycles. The molecule has 142 valence electrons. The summed E-state index contributed by atoms with van der Waals surface area (Å²) in [6.07, 6.45) is 3.19. The monoisotopic (exact) mass is 382 g/mol. The quantitative estimate of drug-likeness (QED) is 0.510. The summed E-state index contributed by atoms with van der Waals surface area (Å²) in [6.45, 7) is 2.01. The molecule has 3 rings (SSSR count). The Morgan fingerprint density at radius 2 is 1.41 bits per heavy atom. The molecule has 0 N–H and O–H groups in total. The van der Waals surface area contributed by atoms with E-state index in [0.717, 1.165) is 30.5 Å². The molecule has 0 aromatic heterocycles. The van der Waals surface area contributed by atoms with Crippen LogP contribution in [0.4, 0.5) is 26.3 Å². The van der Waals surface area contributed by atoms with Crippen LogP contribution in [0.25, 0.3) is 16.7 Å². The van der Waals surface area contributed by atoms with E-state index in [1.807, 2.05) is 6.92 Å². The van der Waals surface area contributed by atoms with Gasteiger partial charge in [-0.15, -0.1) is 0 Å². The molecule has 0 aliphatic heterocycles. The Morgan fingerprint density at radius 1 is 0.815 bits per heavy atom. The van der Waals surface area contributed by atoms with Crippen LogP contribution >= 0.6 is 0 Å². The molecule has 0 bridgehead atoms. The number of hydrogen-bond acceptors (Lipinski definition) is 0. The number of hydrogen-bond donors (Lipinski definition) is 0. The first-order valence-corrected chi connectivity index (χ1v) is 8.42. The van der Waals surface area contributed by atoms with Gasteiger partial charge in [0.05, 0.1) is 0 Å². The van der Waals surface area contributed by atoms with Crippen molar-refractivity contribution in [1.82, 2.24) is 0 Å². The maximum atomic E-state index is 14.5. The number of rotatable bonds is 4. The fraction of sp³-hybridized carbons (Fsp3) is 0.238. The van der Waals surface area contributed by atoms with Gasteiger partial charge in [-0.1, -0.05) is 61.9 Å². The maximum absolute atomic E-state index is 14.5. The number of allylic oxidation sites excluding steroid dienone is 4. The summed E-state index contributed by atoms with van der Waals surface area (Å²) >= 11 is 0. The smallest absolute Gasteiger partial charge is 0.203 e. The Morgan fingerprint density at radius 3 is 2.04 bits per heavy atom. The van der Waals surface area contributed by atoms with Crippen LogP contribution in [-0.2, 0) is 6.42 Å². The molecule has 0 atom stereocenters. The zero-order valence-corrected chi connectivity index (χ0v) is 14.4. The van der Waals surface area contributed by atoms with Crippen molar-refractivity contribution in [3.63, 3.8) is 0 Å². The van der Waals surface area contributed by atoms with Crippen molar-refractivity contribution in [2.75, 3.05) is 0 Å². The highest BCUT2D eigenvalue weighted by Crippen LogP contribution is 2.48. The van der Waals surface area contributed by atoms with Crippen LogP contribution in [0, 0.1) is 11.6 Å². The number of alkyl halides is 4. The first kappa shape index (κ1) is 19.3. The van der Waals surface area contributed by atoms with Gasteiger partial charge in [0.25, 0.3) is 0 Å². The summed E-state index contributed by atoms with van der Waals surface area (Å²) in [5.41, 5.74) is -0.863. The minimum absolute atomic E-state index is 0.0387. The van der Waals surface area contributed by atoms with E-state index in [1.54, 1.807) is 24.3 Å². The molecule has 0 unspecified atom stereocenters. The average Bonchev–Trinajstić information content (AvgIpc) is 2.61. The Labute approximate surface area is 152 Å². The summed E-state index contributed by atoms with van der Waals surface area (Å²) in [6, 6.07) is 8.78. The molecule has 0 fully saturated rings. The van der Waals surface area contributed by atoms with Crippen LogP contribution in [0.3, 0.4) is 0 Å². The van der Waals surface area contributed by atoms with Crippen LogP contribution < -0.4 is 0 Å². The number of benzene rings is 2. The molecule has 0 saturated carbocycles. The Balaban J connectivity index is 2.04. The predicted octanol–water partition coefficient (Wildman–Crippen LogP) is 6.81. The van der Waals surface area contributed by atoms with Gasteiger partial charge in [-0.2, -0.15) is 17.6 Å². The molecule has 1 aliphatic rings. The van der Waals surface area contributed by atoms with Crippen LogP contribution in [0.1, 0.15) is 24.5 Å². The molecule has 2 aromatic rings. The van der Waals surface area contributed by atoms with Crippen molar-refractivity contribution in [2.24, 2.45) is 0 Å². The summed E-state index contributed by atoms with van der Waals surface area (Å²) in [5, 5.41) is 0. The molecule has 0 heterocycles. The Bertz CT molecular complexity index is 907. The van der Waals surface area contributed by atoms with E-state index in [9.17, 15) is 26.3 Å².